The zero-order valence-corrected chi connectivity index (χ0v) is 7.67. The molecule has 0 spiro atoms. The van der Waals surface area contributed by atoms with Gasteiger partial charge in [-0.2, -0.15) is 0 Å². The fourth-order valence-corrected chi connectivity index (χ4v) is 1.41. The standard InChI is InChI=1S/C8H15N3O2/c1-2-6(8(9)13)11-5-3-7(12)10-4-5/h5-6,11H,2-4H2,1H3,(H2,9,13)(H,10,12). The predicted octanol–water partition coefficient (Wildman–Crippen LogP) is -1.27. The van der Waals surface area contributed by atoms with Gasteiger partial charge in [-0.3, -0.25) is 9.59 Å². The molecule has 2 atom stereocenters. The van der Waals surface area contributed by atoms with E-state index in [0.717, 1.165) is 0 Å². The van der Waals surface area contributed by atoms with Crippen molar-refractivity contribution in [2.75, 3.05) is 6.54 Å². The normalized spacial score (nSPS) is 24.1. The third-order valence-corrected chi connectivity index (χ3v) is 2.17. The number of amides is 2. The monoisotopic (exact) mass is 185 g/mol. The summed E-state index contributed by atoms with van der Waals surface area (Å²) in [5, 5.41) is 5.72. The van der Waals surface area contributed by atoms with Crippen LogP contribution in [0.2, 0.25) is 0 Å². The zero-order valence-electron chi connectivity index (χ0n) is 7.67. The second-order valence-corrected chi connectivity index (χ2v) is 3.23. The van der Waals surface area contributed by atoms with Gasteiger partial charge in [0.2, 0.25) is 11.8 Å². The van der Waals surface area contributed by atoms with E-state index in [1.54, 1.807) is 0 Å². The lowest BCUT2D eigenvalue weighted by molar-refractivity contribution is -0.121. The molecule has 0 aromatic heterocycles. The molecule has 2 amide bonds. The average molecular weight is 185 g/mol. The first-order chi connectivity index (χ1) is 6.13. The fourth-order valence-electron chi connectivity index (χ4n) is 1.41. The van der Waals surface area contributed by atoms with Crippen LogP contribution in [0.25, 0.3) is 0 Å². The third kappa shape index (κ3) is 2.69. The van der Waals surface area contributed by atoms with Crippen molar-refractivity contribution in [3.63, 3.8) is 0 Å². The lowest BCUT2D eigenvalue weighted by Gasteiger charge is -2.17. The Labute approximate surface area is 77.1 Å². The Balaban J connectivity index is 2.38. The summed E-state index contributed by atoms with van der Waals surface area (Å²) in [4.78, 5) is 21.7. The van der Waals surface area contributed by atoms with Crippen LogP contribution in [0.3, 0.4) is 0 Å². The Kier molecular flexibility index (Phi) is 3.25. The van der Waals surface area contributed by atoms with E-state index in [0.29, 0.717) is 19.4 Å². The first-order valence-corrected chi connectivity index (χ1v) is 4.45. The van der Waals surface area contributed by atoms with Gasteiger partial charge in [0.25, 0.3) is 0 Å². The summed E-state index contributed by atoms with van der Waals surface area (Å²) in [5.74, 6) is -0.335. The van der Waals surface area contributed by atoms with Crippen LogP contribution >= 0.6 is 0 Å². The minimum absolute atomic E-state index is 0.0248. The molecule has 5 heteroatoms. The van der Waals surface area contributed by atoms with Gasteiger partial charge in [-0.25, -0.2) is 0 Å². The van der Waals surface area contributed by atoms with Gasteiger partial charge < -0.3 is 16.4 Å². The van der Waals surface area contributed by atoms with Crippen molar-refractivity contribution < 1.29 is 9.59 Å². The molecular weight excluding hydrogens is 170 g/mol. The van der Waals surface area contributed by atoms with Crippen molar-refractivity contribution in [1.29, 1.82) is 0 Å². The Hall–Kier alpha value is -1.10. The van der Waals surface area contributed by atoms with Crippen molar-refractivity contribution in [2.45, 2.75) is 31.8 Å². The molecule has 13 heavy (non-hydrogen) atoms. The van der Waals surface area contributed by atoms with Crippen molar-refractivity contribution in [3.05, 3.63) is 0 Å². The Morgan fingerprint density at radius 2 is 2.54 bits per heavy atom. The largest absolute Gasteiger partial charge is 0.368 e. The number of hydrogen-bond donors (Lipinski definition) is 3. The van der Waals surface area contributed by atoms with Gasteiger partial charge in [-0.15, -0.1) is 0 Å². The van der Waals surface area contributed by atoms with Gasteiger partial charge in [-0.05, 0) is 6.42 Å². The van der Waals surface area contributed by atoms with Crippen LogP contribution in [0, 0.1) is 0 Å². The number of nitrogens with two attached hydrogens (primary N) is 1. The number of hydrogen-bond acceptors (Lipinski definition) is 3. The van der Waals surface area contributed by atoms with Gasteiger partial charge in [-0.1, -0.05) is 6.92 Å². The van der Waals surface area contributed by atoms with Crippen LogP contribution in [0.4, 0.5) is 0 Å². The maximum absolute atomic E-state index is 10.9. The molecule has 0 aromatic rings. The number of primary amides is 1. The molecule has 1 rings (SSSR count). The Morgan fingerprint density at radius 1 is 1.85 bits per heavy atom. The summed E-state index contributed by atoms with van der Waals surface area (Å²) >= 11 is 0. The molecule has 0 aliphatic carbocycles. The smallest absolute Gasteiger partial charge is 0.234 e. The summed E-state index contributed by atoms with van der Waals surface area (Å²) in [6.07, 6.45) is 1.09. The highest BCUT2D eigenvalue weighted by molar-refractivity contribution is 5.81. The highest BCUT2D eigenvalue weighted by Gasteiger charge is 2.24. The van der Waals surface area contributed by atoms with E-state index in [2.05, 4.69) is 10.6 Å². The van der Waals surface area contributed by atoms with Crippen LogP contribution in [-0.4, -0.2) is 30.4 Å². The third-order valence-electron chi connectivity index (χ3n) is 2.17. The molecule has 5 nitrogen and oxygen atoms in total. The number of carbonyl (C=O) groups excluding carboxylic acids is 2. The van der Waals surface area contributed by atoms with E-state index in [1.165, 1.54) is 0 Å². The quantitative estimate of drug-likeness (QED) is 0.510. The predicted molar refractivity (Wildman–Crippen MR) is 47.8 cm³/mol. The highest BCUT2D eigenvalue weighted by atomic mass is 16.2. The maximum atomic E-state index is 10.9. The van der Waals surface area contributed by atoms with Gasteiger partial charge in [0, 0.05) is 19.0 Å². The van der Waals surface area contributed by atoms with Crippen molar-refractivity contribution >= 4 is 11.8 Å². The van der Waals surface area contributed by atoms with Crippen LogP contribution in [0.1, 0.15) is 19.8 Å². The Bertz CT molecular complexity index is 217. The van der Waals surface area contributed by atoms with Gasteiger partial charge in [0.15, 0.2) is 0 Å². The van der Waals surface area contributed by atoms with Crippen molar-refractivity contribution in [3.8, 4) is 0 Å². The van der Waals surface area contributed by atoms with Gasteiger partial charge >= 0.3 is 0 Å². The molecule has 0 aromatic carbocycles. The minimum atomic E-state index is -0.359. The summed E-state index contributed by atoms with van der Waals surface area (Å²) < 4.78 is 0. The van der Waals surface area contributed by atoms with Crippen molar-refractivity contribution in [2.24, 2.45) is 5.73 Å². The van der Waals surface area contributed by atoms with E-state index >= 15 is 0 Å². The van der Waals surface area contributed by atoms with Crippen LogP contribution < -0.4 is 16.4 Å². The van der Waals surface area contributed by atoms with E-state index < -0.39 is 0 Å². The highest BCUT2D eigenvalue weighted by Crippen LogP contribution is 2.02. The molecule has 1 aliphatic rings. The summed E-state index contributed by atoms with van der Waals surface area (Å²) in [6, 6.07) is -0.275. The molecule has 2 unspecified atom stereocenters. The fraction of sp³-hybridized carbons (Fsp3) is 0.750. The van der Waals surface area contributed by atoms with Crippen LogP contribution in [0.15, 0.2) is 0 Å². The SMILES string of the molecule is CCC(NC1CNC(=O)C1)C(N)=O. The van der Waals surface area contributed by atoms with E-state index in [9.17, 15) is 9.59 Å². The van der Waals surface area contributed by atoms with Crippen molar-refractivity contribution in [1.82, 2.24) is 10.6 Å². The Morgan fingerprint density at radius 3 is 2.92 bits per heavy atom. The molecular formula is C8H15N3O2. The second kappa shape index (κ2) is 4.23. The lowest BCUT2D eigenvalue weighted by Crippen LogP contribution is -2.46. The first-order valence-electron chi connectivity index (χ1n) is 4.45. The summed E-state index contributed by atoms with van der Waals surface area (Å²) in [6.45, 7) is 2.47. The molecule has 0 saturated carbocycles. The number of rotatable bonds is 4. The topological polar surface area (TPSA) is 84.2 Å². The molecule has 74 valence electrons. The van der Waals surface area contributed by atoms with Crippen LogP contribution in [0.5, 0.6) is 0 Å². The molecule has 1 aliphatic heterocycles. The zero-order chi connectivity index (χ0) is 9.84. The molecule has 0 radical (unpaired) electrons. The lowest BCUT2D eigenvalue weighted by atomic mass is 10.1. The average Bonchev–Trinajstić information content (AvgIpc) is 2.46. The summed E-state index contributed by atoms with van der Waals surface area (Å²) in [7, 11) is 0. The molecule has 1 fully saturated rings. The first kappa shape index (κ1) is 9.98. The minimum Gasteiger partial charge on any atom is -0.368 e. The second-order valence-electron chi connectivity index (χ2n) is 3.23. The number of nitrogens with one attached hydrogen (secondary N) is 2. The van der Waals surface area contributed by atoms with E-state index in [4.69, 9.17) is 5.73 Å². The maximum Gasteiger partial charge on any atom is 0.234 e. The van der Waals surface area contributed by atoms with Gasteiger partial charge in [0.05, 0.1) is 6.04 Å². The number of carbonyl (C=O) groups is 2. The van der Waals surface area contributed by atoms with E-state index in [-0.39, 0.29) is 23.9 Å². The van der Waals surface area contributed by atoms with Gasteiger partial charge in [0.1, 0.15) is 0 Å². The molecule has 4 N–H and O–H groups in total. The molecule has 1 heterocycles. The molecule has 1 saturated heterocycles. The van der Waals surface area contributed by atoms with E-state index in [1.807, 2.05) is 6.92 Å². The molecule has 0 bridgehead atoms. The summed E-state index contributed by atoms with van der Waals surface area (Å²) in [5.41, 5.74) is 5.15. The van der Waals surface area contributed by atoms with Crippen LogP contribution in [-0.2, 0) is 9.59 Å².